The van der Waals surface area contributed by atoms with Crippen molar-refractivity contribution in [2.75, 3.05) is 0 Å². The predicted molar refractivity (Wildman–Crippen MR) is 88.3 cm³/mol. The molecule has 6 heteroatoms. The Morgan fingerprint density at radius 3 is 2.48 bits per heavy atom. The second-order valence-corrected chi connectivity index (χ2v) is 7.84. The molecule has 0 radical (unpaired) electrons. The second-order valence-electron chi connectivity index (χ2n) is 5.77. The van der Waals surface area contributed by atoms with Crippen molar-refractivity contribution in [2.24, 2.45) is 0 Å². The summed E-state index contributed by atoms with van der Waals surface area (Å²) in [5.41, 5.74) is 1.86. The molecule has 0 saturated heterocycles. The summed E-state index contributed by atoms with van der Waals surface area (Å²) < 4.78 is 26.0. The van der Waals surface area contributed by atoms with E-state index in [1.54, 1.807) is 12.1 Å². The maximum Gasteiger partial charge on any atom is 0.283 e. The first-order valence-corrected chi connectivity index (χ1v) is 9.04. The SMILES string of the molecule is CCC1(S(=O)(=O)NC(=O)c2cc(-c3ccccc3)ccn2)CC1. The maximum atomic E-state index is 12.3. The average molecular weight is 330 g/mol. The fourth-order valence-electron chi connectivity index (χ4n) is 2.60. The molecule has 0 unspecified atom stereocenters. The fraction of sp³-hybridized carbons (Fsp3) is 0.294. The quantitative estimate of drug-likeness (QED) is 0.914. The normalized spacial score (nSPS) is 15.9. The van der Waals surface area contributed by atoms with Crippen molar-refractivity contribution in [1.82, 2.24) is 9.71 Å². The van der Waals surface area contributed by atoms with E-state index < -0.39 is 20.7 Å². The highest BCUT2D eigenvalue weighted by Crippen LogP contribution is 2.45. The Balaban J connectivity index is 1.84. The molecule has 0 bridgehead atoms. The summed E-state index contributed by atoms with van der Waals surface area (Å²) in [7, 11) is -3.66. The van der Waals surface area contributed by atoms with E-state index in [9.17, 15) is 13.2 Å². The molecular formula is C17H18N2O3S. The zero-order valence-electron chi connectivity index (χ0n) is 12.8. The number of hydrogen-bond donors (Lipinski definition) is 1. The molecule has 1 amide bonds. The minimum atomic E-state index is -3.66. The topological polar surface area (TPSA) is 76.1 Å². The van der Waals surface area contributed by atoms with Gasteiger partial charge in [0.05, 0.1) is 4.75 Å². The van der Waals surface area contributed by atoms with E-state index in [0.29, 0.717) is 19.3 Å². The Hall–Kier alpha value is -2.21. The van der Waals surface area contributed by atoms with Gasteiger partial charge in [-0.1, -0.05) is 37.3 Å². The summed E-state index contributed by atoms with van der Waals surface area (Å²) >= 11 is 0. The lowest BCUT2D eigenvalue weighted by Crippen LogP contribution is -2.39. The van der Waals surface area contributed by atoms with Crippen molar-refractivity contribution in [3.05, 3.63) is 54.4 Å². The van der Waals surface area contributed by atoms with Gasteiger partial charge < -0.3 is 0 Å². The molecule has 2 aromatic rings. The summed E-state index contributed by atoms with van der Waals surface area (Å²) in [6, 6.07) is 12.9. The van der Waals surface area contributed by atoms with Crippen LogP contribution < -0.4 is 4.72 Å². The van der Waals surface area contributed by atoms with Crippen LogP contribution in [0, 0.1) is 0 Å². The fourth-order valence-corrected chi connectivity index (χ4v) is 4.18. The molecule has 1 heterocycles. The Morgan fingerprint density at radius 1 is 1.17 bits per heavy atom. The number of nitrogens with zero attached hydrogens (tertiary/aromatic N) is 1. The summed E-state index contributed by atoms with van der Waals surface area (Å²) in [6.07, 6.45) is 3.22. The Morgan fingerprint density at radius 2 is 1.87 bits per heavy atom. The minimum Gasteiger partial charge on any atom is -0.266 e. The molecule has 120 valence electrons. The van der Waals surface area contributed by atoms with Crippen molar-refractivity contribution < 1.29 is 13.2 Å². The van der Waals surface area contributed by atoms with Crippen LogP contribution in [0.4, 0.5) is 0 Å². The Bertz CT molecular complexity index is 828. The van der Waals surface area contributed by atoms with Gasteiger partial charge in [-0.05, 0) is 42.5 Å². The van der Waals surface area contributed by atoms with Gasteiger partial charge in [0.1, 0.15) is 5.69 Å². The van der Waals surface area contributed by atoms with Crippen LogP contribution >= 0.6 is 0 Å². The first-order valence-electron chi connectivity index (χ1n) is 7.56. The monoisotopic (exact) mass is 330 g/mol. The number of carbonyl (C=O) groups is 1. The molecule has 5 nitrogen and oxygen atoms in total. The van der Waals surface area contributed by atoms with Gasteiger partial charge in [-0.2, -0.15) is 0 Å². The third-order valence-corrected chi connectivity index (χ3v) is 6.64. The molecular weight excluding hydrogens is 312 g/mol. The molecule has 1 aliphatic rings. The molecule has 0 atom stereocenters. The summed E-state index contributed by atoms with van der Waals surface area (Å²) in [4.78, 5) is 16.3. The lowest BCUT2D eigenvalue weighted by molar-refractivity contribution is 0.0976. The third kappa shape index (κ3) is 2.99. The van der Waals surface area contributed by atoms with Crippen LogP contribution in [-0.4, -0.2) is 24.1 Å². The number of carbonyl (C=O) groups excluding carboxylic acids is 1. The highest BCUT2D eigenvalue weighted by atomic mass is 32.2. The van der Waals surface area contributed by atoms with Gasteiger partial charge in [0.25, 0.3) is 5.91 Å². The van der Waals surface area contributed by atoms with Gasteiger partial charge in [-0.15, -0.1) is 0 Å². The van der Waals surface area contributed by atoms with Gasteiger partial charge in [0.2, 0.25) is 10.0 Å². The molecule has 1 saturated carbocycles. The van der Waals surface area contributed by atoms with E-state index in [0.717, 1.165) is 11.1 Å². The summed E-state index contributed by atoms with van der Waals surface area (Å²) in [5, 5.41) is 0. The number of sulfonamides is 1. The molecule has 1 N–H and O–H groups in total. The largest absolute Gasteiger partial charge is 0.283 e. The predicted octanol–water partition coefficient (Wildman–Crippen LogP) is 2.75. The Kier molecular flexibility index (Phi) is 3.93. The number of amides is 1. The first kappa shape index (κ1) is 15.7. The van der Waals surface area contributed by atoms with Crippen molar-refractivity contribution >= 4 is 15.9 Å². The summed E-state index contributed by atoms with van der Waals surface area (Å²) in [6.45, 7) is 1.82. The van der Waals surface area contributed by atoms with Gasteiger partial charge in [0, 0.05) is 6.20 Å². The molecule has 0 aliphatic heterocycles. The molecule has 23 heavy (non-hydrogen) atoms. The highest BCUT2D eigenvalue weighted by Gasteiger charge is 2.53. The second kappa shape index (κ2) is 5.77. The smallest absolute Gasteiger partial charge is 0.266 e. The number of aromatic nitrogens is 1. The van der Waals surface area contributed by atoms with Gasteiger partial charge in [-0.25, -0.2) is 13.1 Å². The van der Waals surface area contributed by atoms with Crippen LogP contribution in [-0.2, 0) is 10.0 Å². The molecule has 1 aliphatic carbocycles. The number of rotatable bonds is 5. The zero-order chi connectivity index (χ0) is 16.5. The highest BCUT2D eigenvalue weighted by molar-refractivity contribution is 7.91. The lowest BCUT2D eigenvalue weighted by atomic mass is 10.1. The van der Waals surface area contributed by atoms with E-state index in [1.165, 1.54) is 6.20 Å². The lowest BCUT2D eigenvalue weighted by Gasteiger charge is -2.14. The van der Waals surface area contributed by atoms with Crippen LogP contribution in [0.5, 0.6) is 0 Å². The van der Waals surface area contributed by atoms with Crippen LogP contribution in [0.1, 0.15) is 36.7 Å². The number of pyridine rings is 1. The number of nitrogens with one attached hydrogen (secondary N) is 1. The standard InChI is InChI=1S/C17H18N2O3S/c1-2-17(9-10-17)23(21,22)19-16(20)15-12-14(8-11-18-15)13-6-4-3-5-7-13/h3-8,11-12H,2,9-10H2,1H3,(H,19,20). The van der Waals surface area contributed by atoms with Gasteiger partial charge >= 0.3 is 0 Å². The third-order valence-electron chi connectivity index (χ3n) is 4.35. The minimum absolute atomic E-state index is 0.0989. The summed E-state index contributed by atoms with van der Waals surface area (Å²) in [5.74, 6) is -0.678. The Labute approximate surface area is 135 Å². The molecule has 1 aromatic carbocycles. The van der Waals surface area contributed by atoms with Crippen LogP contribution in [0.3, 0.4) is 0 Å². The van der Waals surface area contributed by atoms with Crippen LogP contribution in [0.2, 0.25) is 0 Å². The van der Waals surface area contributed by atoms with E-state index >= 15 is 0 Å². The van der Waals surface area contributed by atoms with E-state index in [-0.39, 0.29) is 5.69 Å². The van der Waals surface area contributed by atoms with Crippen molar-refractivity contribution in [2.45, 2.75) is 30.9 Å². The van der Waals surface area contributed by atoms with Gasteiger partial charge in [0.15, 0.2) is 0 Å². The van der Waals surface area contributed by atoms with Crippen molar-refractivity contribution in [1.29, 1.82) is 0 Å². The maximum absolute atomic E-state index is 12.3. The molecule has 1 fully saturated rings. The van der Waals surface area contributed by atoms with E-state index in [1.807, 2.05) is 37.3 Å². The van der Waals surface area contributed by atoms with Crippen molar-refractivity contribution in [3.63, 3.8) is 0 Å². The van der Waals surface area contributed by atoms with Gasteiger partial charge in [-0.3, -0.25) is 9.78 Å². The van der Waals surface area contributed by atoms with Crippen LogP contribution in [0.25, 0.3) is 11.1 Å². The number of benzene rings is 1. The number of hydrogen-bond acceptors (Lipinski definition) is 4. The molecule has 0 spiro atoms. The molecule has 3 rings (SSSR count). The van der Waals surface area contributed by atoms with E-state index in [4.69, 9.17) is 0 Å². The van der Waals surface area contributed by atoms with Crippen molar-refractivity contribution in [3.8, 4) is 11.1 Å². The van der Waals surface area contributed by atoms with Crippen LogP contribution in [0.15, 0.2) is 48.7 Å². The average Bonchev–Trinajstić information content (AvgIpc) is 3.37. The molecule has 1 aromatic heterocycles. The zero-order valence-corrected chi connectivity index (χ0v) is 13.6. The first-order chi connectivity index (χ1) is 11.0. The van der Waals surface area contributed by atoms with E-state index in [2.05, 4.69) is 9.71 Å².